The van der Waals surface area contributed by atoms with Crippen LogP contribution < -0.4 is 10.1 Å². The molecule has 0 saturated heterocycles. The van der Waals surface area contributed by atoms with Gasteiger partial charge in [-0.2, -0.15) is 0 Å². The van der Waals surface area contributed by atoms with Gasteiger partial charge in [0.25, 0.3) is 5.91 Å². The van der Waals surface area contributed by atoms with Gasteiger partial charge in [0.2, 0.25) is 0 Å². The number of fused-ring (bicyclic) bond motifs is 1. The Hall–Kier alpha value is -2.89. The summed E-state index contributed by atoms with van der Waals surface area (Å²) < 4.78 is 20.6. The highest BCUT2D eigenvalue weighted by Gasteiger charge is 2.13. The number of methoxy groups -OCH3 is 1. The second-order valence-corrected chi connectivity index (χ2v) is 5.75. The number of benzene rings is 2. The maximum Gasteiger partial charge on any atom is 0.255 e. The fourth-order valence-corrected chi connectivity index (χ4v) is 2.87. The number of aromatic nitrogens is 2. The normalized spacial score (nSPS) is 10.8. The van der Waals surface area contributed by atoms with Gasteiger partial charge in [-0.25, -0.2) is 9.37 Å². The standard InChI is InChI=1S/C19H20FN3O2/c1-13-22-16-6-3-4-7-17(16)23(13)11-5-10-21-19(24)15-12-14(20)8-9-18(15)25-2/h3-4,6-9,12H,5,10-11H2,1-2H3,(H,21,24). The van der Waals surface area contributed by atoms with Crippen molar-refractivity contribution in [2.24, 2.45) is 0 Å². The smallest absolute Gasteiger partial charge is 0.255 e. The zero-order chi connectivity index (χ0) is 17.8. The molecule has 1 aromatic heterocycles. The molecule has 1 amide bonds. The lowest BCUT2D eigenvalue weighted by molar-refractivity contribution is 0.0949. The average Bonchev–Trinajstić information content (AvgIpc) is 2.93. The van der Waals surface area contributed by atoms with E-state index in [0.717, 1.165) is 29.8 Å². The number of nitrogens with one attached hydrogen (secondary N) is 1. The third-order valence-electron chi connectivity index (χ3n) is 4.10. The number of para-hydroxylation sites is 2. The van der Waals surface area contributed by atoms with Crippen LogP contribution in [-0.4, -0.2) is 29.1 Å². The van der Waals surface area contributed by atoms with E-state index >= 15 is 0 Å². The van der Waals surface area contributed by atoms with E-state index in [-0.39, 0.29) is 11.5 Å². The fourth-order valence-electron chi connectivity index (χ4n) is 2.87. The minimum atomic E-state index is -0.466. The molecular formula is C19H20FN3O2. The fraction of sp³-hybridized carbons (Fsp3) is 0.263. The molecule has 6 heteroatoms. The molecule has 0 aliphatic carbocycles. The van der Waals surface area contributed by atoms with E-state index < -0.39 is 5.82 Å². The first-order valence-electron chi connectivity index (χ1n) is 8.14. The van der Waals surface area contributed by atoms with E-state index in [2.05, 4.69) is 14.9 Å². The Balaban J connectivity index is 1.61. The van der Waals surface area contributed by atoms with E-state index in [0.29, 0.717) is 12.3 Å². The number of amides is 1. The van der Waals surface area contributed by atoms with Crippen molar-refractivity contribution in [3.63, 3.8) is 0 Å². The van der Waals surface area contributed by atoms with Crippen molar-refractivity contribution >= 4 is 16.9 Å². The lowest BCUT2D eigenvalue weighted by Crippen LogP contribution is -2.26. The van der Waals surface area contributed by atoms with Crippen LogP contribution in [0, 0.1) is 12.7 Å². The minimum Gasteiger partial charge on any atom is -0.496 e. The summed E-state index contributed by atoms with van der Waals surface area (Å²) in [6, 6.07) is 11.9. The molecule has 0 aliphatic rings. The molecule has 3 aromatic rings. The van der Waals surface area contributed by atoms with E-state index in [4.69, 9.17) is 4.74 Å². The van der Waals surface area contributed by atoms with Crippen molar-refractivity contribution < 1.29 is 13.9 Å². The van der Waals surface area contributed by atoms with Crippen LogP contribution in [0.5, 0.6) is 5.75 Å². The van der Waals surface area contributed by atoms with Crippen molar-refractivity contribution in [2.45, 2.75) is 19.9 Å². The van der Waals surface area contributed by atoms with Gasteiger partial charge in [0.1, 0.15) is 17.4 Å². The maximum absolute atomic E-state index is 13.4. The highest BCUT2D eigenvalue weighted by molar-refractivity contribution is 5.96. The Morgan fingerprint density at radius 3 is 2.88 bits per heavy atom. The van der Waals surface area contributed by atoms with E-state index in [1.807, 2.05) is 31.2 Å². The SMILES string of the molecule is COc1ccc(F)cc1C(=O)NCCCn1c(C)nc2ccccc21. The van der Waals surface area contributed by atoms with Gasteiger partial charge in [0, 0.05) is 13.1 Å². The van der Waals surface area contributed by atoms with Gasteiger partial charge in [-0.1, -0.05) is 12.1 Å². The first-order valence-corrected chi connectivity index (χ1v) is 8.14. The minimum absolute atomic E-state index is 0.201. The summed E-state index contributed by atoms with van der Waals surface area (Å²) in [6.45, 7) is 3.19. The second kappa shape index (κ2) is 7.34. The summed E-state index contributed by atoms with van der Waals surface area (Å²) in [4.78, 5) is 16.8. The third-order valence-corrected chi connectivity index (χ3v) is 4.10. The van der Waals surface area contributed by atoms with Crippen LogP contribution in [0.15, 0.2) is 42.5 Å². The van der Waals surface area contributed by atoms with Gasteiger partial charge in [-0.15, -0.1) is 0 Å². The van der Waals surface area contributed by atoms with Crippen molar-refractivity contribution in [1.29, 1.82) is 0 Å². The Labute approximate surface area is 145 Å². The summed E-state index contributed by atoms with van der Waals surface area (Å²) in [5.41, 5.74) is 2.25. The molecule has 130 valence electrons. The predicted molar refractivity (Wildman–Crippen MR) is 94.4 cm³/mol. The van der Waals surface area contributed by atoms with Gasteiger partial charge >= 0.3 is 0 Å². The van der Waals surface area contributed by atoms with Crippen LogP contribution in [0.1, 0.15) is 22.6 Å². The molecule has 0 atom stereocenters. The number of hydrogen-bond acceptors (Lipinski definition) is 3. The summed E-state index contributed by atoms with van der Waals surface area (Å²) in [5, 5.41) is 2.81. The number of halogens is 1. The van der Waals surface area contributed by atoms with Gasteiger partial charge in [-0.3, -0.25) is 4.79 Å². The molecule has 1 heterocycles. The zero-order valence-corrected chi connectivity index (χ0v) is 14.3. The molecule has 0 radical (unpaired) electrons. The summed E-state index contributed by atoms with van der Waals surface area (Å²) in [6.07, 6.45) is 0.741. The number of carbonyl (C=O) groups excluding carboxylic acids is 1. The largest absolute Gasteiger partial charge is 0.496 e. The number of ether oxygens (including phenoxy) is 1. The van der Waals surface area contributed by atoms with Crippen LogP contribution in [0.3, 0.4) is 0 Å². The molecule has 5 nitrogen and oxygen atoms in total. The van der Waals surface area contributed by atoms with Gasteiger partial charge in [0.05, 0.1) is 23.7 Å². The first kappa shape index (κ1) is 17.0. The van der Waals surface area contributed by atoms with Gasteiger partial charge in [0.15, 0.2) is 0 Å². The Morgan fingerprint density at radius 2 is 2.08 bits per heavy atom. The Kier molecular flexibility index (Phi) is 4.97. The van der Waals surface area contributed by atoms with Crippen LogP contribution in [0.4, 0.5) is 4.39 Å². The maximum atomic E-state index is 13.4. The van der Waals surface area contributed by atoms with Crippen LogP contribution in [0.2, 0.25) is 0 Å². The molecule has 0 fully saturated rings. The monoisotopic (exact) mass is 341 g/mol. The zero-order valence-electron chi connectivity index (χ0n) is 14.3. The topological polar surface area (TPSA) is 56.1 Å². The average molecular weight is 341 g/mol. The highest BCUT2D eigenvalue weighted by atomic mass is 19.1. The molecular weight excluding hydrogens is 321 g/mol. The molecule has 0 aliphatic heterocycles. The number of aryl methyl sites for hydroxylation is 2. The predicted octanol–water partition coefficient (Wildman–Crippen LogP) is 3.31. The molecule has 25 heavy (non-hydrogen) atoms. The number of imidazole rings is 1. The molecule has 0 spiro atoms. The quantitative estimate of drug-likeness (QED) is 0.700. The molecule has 0 saturated carbocycles. The summed E-state index contributed by atoms with van der Waals surface area (Å²) >= 11 is 0. The van der Waals surface area contributed by atoms with E-state index in [1.165, 1.54) is 25.3 Å². The van der Waals surface area contributed by atoms with Gasteiger partial charge in [-0.05, 0) is 43.7 Å². The van der Waals surface area contributed by atoms with E-state index in [1.54, 1.807) is 0 Å². The number of hydrogen-bond donors (Lipinski definition) is 1. The molecule has 3 rings (SSSR count). The van der Waals surface area contributed by atoms with E-state index in [9.17, 15) is 9.18 Å². The second-order valence-electron chi connectivity index (χ2n) is 5.75. The third kappa shape index (κ3) is 3.63. The van der Waals surface area contributed by atoms with Crippen molar-refractivity contribution in [2.75, 3.05) is 13.7 Å². The van der Waals surface area contributed by atoms with Crippen molar-refractivity contribution in [1.82, 2.24) is 14.9 Å². The summed E-state index contributed by atoms with van der Waals surface area (Å²) in [7, 11) is 1.46. The molecule has 0 bridgehead atoms. The Morgan fingerprint density at radius 1 is 1.28 bits per heavy atom. The van der Waals surface area contributed by atoms with Crippen LogP contribution >= 0.6 is 0 Å². The molecule has 1 N–H and O–H groups in total. The lowest BCUT2D eigenvalue weighted by atomic mass is 10.2. The lowest BCUT2D eigenvalue weighted by Gasteiger charge is -2.10. The van der Waals surface area contributed by atoms with Crippen LogP contribution in [0.25, 0.3) is 11.0 Å². The van der Waals surface area contributed by atoms with Gasteiger partial charge < -0.3 is 14.6 Å². The number of carbonyl (C=O) groups is 1. The first-order chi connectivity index (χ1) is 12.1. The van der Waals surface area contributed by atoms with Crippen molar-refractivity contribution in [3.05, 3.63) is 59.7 Å². The Bertz CT molecular complexity index is 905. The van der Waals surface area contributed by atoms with Crippen LogP contribution in [-0.2, 0) is 6.54 Å². The van der Waals surface area contributed by atoms with Crippen molar-refractivity contribution in [3.8, 4) is 5.75 Å². The number of nitrogens with zero attached hydrogens (tertiary/aromatic N) is 2. The highest BCUT2D eigenvalue weighted by Crippen LogP contribution is 2.19. The number of rotatable bonds is 6. The molecule has 2 aromatic carbocycles. The summed E-state index contributed by atoms with van der Waals surface area (Å²) in [5.74, 6) is 0.490. The molecule has 0 unspecified atom stereocenters.